The third-order valence-corrected chi connectivity index (χ3v) is 5.03. The number of rotatable bonds is 4. The summed E-state index contributed by atoms with van der Waals surface area (Å²) in [5, 5.41) is 9.42. The Morgan fingerprint density at radius 2 is 2.00 bits per heavy atom. The molecular weight excluding hydrogens is 244 g/mol. The van der Waals surface area contributed by atoms with E-state index in [4.69, 9.17) is 5.73 Å². The average Bonchev–Trinajstić information content (AvgIpc) is 2.92. The quantitative estimate of drug-likeness (QED) is 0.789. The van der Waals surface area contributed by atoms with E-state index in [0.29, 0.717) is 18.4 Å². The lowest BCUT2D eigenvalue weighted by Gasteiger charge is -2.27. The summed E-state index contributed by atoms with van der Waals surface area (Å²) in [7, 11) is 0. The number of carbonyl (C=O) groups excluding carboxylic acids is 1. The van der Waals surface area contributed by atoms with E-state index < -0.39 is 18.1 Å². The van der Waals surface area contributed by atoms with Crippen LogP contribution in [0.4, 0.5) is 0 Å². The minimum Gasteiger partial charge on any atom is -0.480 e. The molecule has 5 nitrogen and oxygen atoms in total. The van der Waals surface area contributed by atoms with Crippen LogP contribution in [0.5, 0.6) is 0 Å². The Labute approximate surface area is 113 Å². The number of hydrogen-bond donors (Lipinski definition) is 2. The van der Waals surface area contributed by atoms with Gasteiger partial charge in [0.25, 0.3) is 0 Å². The fourth-order valence-electron chi connectivity index (χ4n) is 3.88. The number of carboxylic acids is 1. The van der Waals surface area contributed by atoms with Crippen LogP contribution in [-0.2, 0) is 9.59 Å². The van der Waals surface area contributed by atoms with Crippen molar-refractivity contribution in [2.24, 2.45) is 23.5 Å². The lowest BCUT2D eigenvalue weighted by molar-refractivity contribution is -0.150. The number of fused-ring (bicyclic) bond motifs is 1. The third-order valence-electron chi connectivity index (χ3n) is 5.03. The maximum Gasteiger partial charge on any atom is 0.326 e. The number of nitrogens with two attached hydrogens (primary N) is 1. The van der Waals surface area contributed by atoms with E-state index >= 15 is 0 Å². The van der Waals surface area contributed by atoms with Gasteiger partial charge in [0.15, 0.2) is 0 Å². The summed E-state index contributed by atoms with van der Waals surface area (Å²) in [5.41, 5.74) is 5.97. The number of carbonyl (C=O) groups is 2. The smallest absolute Gasteiger partial charge is 0.326 e. The summed E-state index contributed by atoms with van der Waals surface area (Å²) in [5.74, 6) is 0.104. The van der Waals surface area contributed by atoms with Gasteiger partial charge in [0.05, 0.1) is 6.04 Å². The van der Waals surface area contributed by atoms with Crippen LogP contribution in [0.25, 0.3) is 0 Å². The molecule has 3 rings (SSSR count). The predicted octanol–water partition coefficient (Wildman–Crippen LogP) is 0.825. The van der Waals surface area contributed by atoms with Crippen LogP contribution in [0.3, 0.4) is 0 Å². The lowest BCUT2D eigenvalue weighted by atomic mass is 9.94. The summed E-state index contributed by atoms with van der Waals surface area (Å²) in [6, 6.07) is -1.14. The first kappa shape index (κ1) is 12.9. The van der Waals surface area contributed by atoms with Crippen molar-refractivity contribution in [2.45, 2.75) is 50.6 Å². The predicted molar refractivity (Wildman–Crippen MR) is 69.3 cm³/mol. The Morgan fingerprint density at radius 3 is 2.63 bits per heavy atom. The molecule has 0 aromatic rings. The molecule has 1 aliphatic heterocycles. The minimum atomic E-state index is -0.860. The number of aliphatic carboxylic acids is 1. The molecule has 1 unspecified atom stereocenters. The molecular formula is C14H22N2O3. The number of carboxylic acid groups (broad SMARTS) is 1. The average molecular weight is 266 g/mol. The van der Waals surface area contributed by atoms with Crippen LogP contribution in [0.2, 0.25) is 0 Å². The van der Waals surface area contributed by atoms with Gasteiger partial charge in [-0.1, -0.05) is 19.3 Å². The molecule has 0 radical (unpaired) electrons. The van der Waals surface area contributed by atoms with Gasteiger partial charge in [-0.2, -0.15) is 0 Å². The van der Waals surface area contributed by atoms with E-state index in [1.807, 2.05) is 0 Å². The Hall–Kier alpha value is -1.10. The second kappa shape index (κ2) is 4.78. The second-order valence-corrected chi connectivity index (χ2v) is 6.41. The molecule has 1 heterocycles. The van der Waals surface area contributed by atoms with Gasteiger partial charge in [0.1, 0.15) is 6.04 Å². The molecule has 2 aliphatic carbocycles. The van der Waals surface area contributed by atoms with Gasteiger partial charge in [0, 0.05) is 6.54 Å². The molecule has 0 aromatic heterocycles. The Kier molecular flexibility index (Phi) is 3.25. The van der Waals surface area contributed by atoms with Gasteiger partial charge < -0.3 is 15.7 Å². The highest BCUT2D eigenvalue weighted by Crippen LogP contribution is 2.42. The zero-order valence-corrected chi connectivity index (χ0v) is 11.1. The van der Waals surface area contributed by atoms with E-state index in [1.165, 1.54) is 0 Å². The summed E-state index contributed by atoms with van der Waals surface area (Å²) in [6.45, 7) is 0.596. The molecule has 0 spiro atoms. The van der Waals surface area contributed by atoms with Crippen molar-refractivity contribution in [1.82, 2.24) is 4.90 Å². The molecule has 4 atom stereocenters. The molecule has 3 N–H and O–H groups in total. The SMILES string of the molecule is NC(CC1CC1)C(=O)N1C[C@@H]2CCC[C@@H]2[C@H]1C(=O)O. The highest BCUT2D eigenvalue weighted by atomic mass is 16.4. The first-order valence-corrected chi connectivity index (χ1v) is 7.36. The molecule has 1 saturated heterocycles. The van der Waals surface area contributed by atoms with Gasteiger partial charge in [-0.3, -0.25) is 4.79 Å². The van der Waals surface area contributed by atoms with Gasteiger partial charge in [-0.25, -0.2) is 4.79 Å². The number of nitrogens with zero attached hydrogens (tertiary/aromatic N) is 1. The van der Waals surface area contributed by atoms with E-state index in [9.17, 15) is 14.7 Å². The Morgan fingerprint density at radius 1 is 1.26 bits per heavy atom. The standard InChI is InChI=1S/C14H22N2O3/c15-11(6-8-4-5-8)13(17)16-7-9-2-1-3-10(9)12(16)14(18)19/h8-12H,1-7,15H2,(H,18,19)/t9-,10-,11?,12-/m0/s1. The fraction of sp³-hybridized carbons (Fsp3) is 0.857. The van der Waals surface area contributed by atoms with Crippen LogP contribution in [0, 0.1) is 17.8 Å². The van der Waals surface area contributed by atoms with E-state index in [2.05, 4.69) is 0 Å². The van der Waals surface area contributed by atoms with Crippen molar-refractivity contribution < 1.29 is 14.7 Å². The molecule has 0 bridgehead atoms. The van der Waals surface area contributed by atoms with E-state index in [1.54, 1.807) is 4.90 Å². The maximum absolute atomic E-state index is 12.4. The van der Waals surface area contributed by atoms with E-state index in [-0.39, 0.29) is 11.8 Å². The van der Waals surface area contributed by atoms with Crippen LogP contribution >= 0.6 is 0 Å². The zero-order chi connectivity index (χ0) is 13.6. The molecule has 19 heavy (non-hydrogen) atoms. The monoisotopic (exact) mass is 266 g/mol. The highest BCUT2D eigenvalue weighted by molar-refractivity contribution is 5.87. The lowest BCUT2D eigenvalue weighted by Crippen LogP contribution is -2.50. The van der Waals surface area contributed by atoms with Crippen LogP contribution < -0.4 is 5.73 Å². The van der Waals surface area contributed by atoms with Crippen LogP contribution in [0.15, 0.2) is 0 Å². The van der Waals surface area contributed by atoms with Crippen LogP contribution in [0.1, 0.15) is 38.5 Å². The van der Waals surface area contributed by atoms with Crippen molar-refractivity contribution in [3.8, 4) is 0 Å². The molecule has 3 aliphatic rings. The maximum atomic E-state index is 12.4. The number of hydrogen-bond acceptors (Lipinski definition) is 3. The second-order valence-electron chi connectivity index (χ2n) is 6.41. The van der Waals surface area contributed by atoms with Crippen molar-refractivity contribution in [2.75, 3.05) is 6.54 Å². The molecule has 0 aromatic carbocycles. The molecule has 5 heteroatoms. The number of amides is 1. The first-order valence-electron chi connectivity index (χ1n) is 7.36. The molecule has 2 saturated carbocycles. The fourth-order valence-corrected chi connectivity index (χ4v) is 3.88. The summed E-state index contributed by atoms with van der Waals surface area (Å²) in [4.78, 5) is 25.4. The normalized spacial score (nSPS) is 35.2. The van der Waals surface area contributed by atoms with Crippen LogP contribution in [-0.4, -0.2) is 40.5 Å². The number of likely N-dealkylation sites (tertiary alicyclic amines) is 1. The summed E-state index contributed by atoms with van der Waals surface area (Å²) >= 11 is 0. The summed E-state index contributed by atoms with van der Waals surface area (Å²) in [6.07, 6.45) is 6.12. The largest absolute Gasteiger partial charge is 0.480 e. The van der Waals surface area contributed by atoms with Gasteiger partial charge in [-0.05, 0) is 37.0 Å². The Bertz CT molecular complexity index is 394. The highest BCUT2D eigenvalue weighted by Gasteiger charge is 2.50. The van der Waals surface area contributed by atoms with Gasteiger partial charge in [-0.15, -0.1) is 0 Å². The first-order chi connectivity index (χ1) is 9.08. The Balaban J connectivity index is 1.71. The van der Waals surface area contributed by atoms with E-state index in [0.717, 1.165) is 38.5 Å². The molecule has 3 fully saturated rings. The molecule has 1 amide bonds. The van der Waals surface area contributed by atoms with Gasteiger partial charge >= 0.3 is 5.97 Å². The zero-order valence-electron chi connectivity index (χ0n) is 11.1. The topological polar surface area (TPSA) is 83.6 Å². The van der Waals surface area contributed by atoms with Crippen molar-refractivity contribution >= 4 is 11.9 Å². The van der Waals surface area contributed by atoms with Gasteiger partial charge in [0.2, 0.25) is 5.91 Å². The van der Waals surface area contributed by atoms with Crippen molar-refractivity contribution in [3.05, 3.63) is 0 Å². The summed E-state index contributed by atoms with van der Waals surface area (Å²) < 4.78 is 0. The minimum absolute atomic E-state index is 0.145. The third kappa shape index (κ3) is 2.36. The van der Waals surface area contributed by atoms with Crippen molar-refractivity contribution in [1.29, 1.82) is 0 Å². The molecule has 106 valence electrons. The van der Waals surface area contributed by atoms with Crippen molar-refractivity contribution in [3.63, 3.8) is 0 Å².